The van der Waals surface area contributed by atoms with Gasteiger partial charge in [-0.3, -0.25) is 0 Å². The lowest BCUT2D eigenvalue weighted by Crippen LogP contribution is -2.04. The number of aryl methyl sites for hydroxylation is 1. The van der Waals surface area contributed by atoms with E-state index in [1.165, 1.54) is 17.4 Å². The van der Waals surface area contributed by atoms with Crippen LogP contribution in [0.2, 0.25) is 5.02 Å². The van der Waals surface area contributed by atoms with Gasteiger partial charge in [0.2, 0.25) is 0 Å². The van der Waals surface area contributed by atoms with Crippen molar-refractivity contribution in [1.82, 2.24) is 0 Å². The van der Waals surface area contributed by atoms with Gasteiger partial charge < -0.3 is 5.11 Å². The number of aliphatic hydroxyl groups excluding tert-OH is 1. The van der Waals surface area contributed by atoms with Gasteiger partial charge in [-0.05, 0) is 30.0 Å². The van der Waals surface area contributed by atoms with E-state index in [0.29, 0.717) is 9.90 Å². The van der Waals surface area contributed by atoms with Gasteiger partial charge in [0.25, 0.3) is 0 Å². The Bertz CT molecular complexity index is 533. The molecule has 0 spiro atoms. The van der Waals surface area contributed by atoms with Crippen molar-refractivity contribution in [2.24, 2.45) is 0 Å². The van der Waals surface area contributed by atoms with Crippen LogP contribution in [-0.2, 0) is 0 Å². The molecule has 0 radical (unpaired) electrons. The number of hydrogen-bond acceptors (Lipinski definition) is 2. The Balaban J connectivity index is 2.51. The second kappa shape index (κ2) is 4.72. The van der Waals surface area contributed by atoms with Crippen LogP contribution in [0.3, 0.4) is 0 Å². The molecule has 0 saturated heterocycles. The lowest BCUT2D eigenvalue weighted by Gasteiger charge is -2.11. The largest absolute Gasteiger partial charge is 0.383 e. The molecule has 1 atom stereocenters. The van der Waals surface area contributed by atoms with Crippen molar-refractivity contribution in [1.29, 1.82) is 0 Å². The fourth-order valence-electron chi connectivity index (χ4n) is 1.54. The van der Waals surface area contributed by atoms with Gasteiger partial charge in [-0.25, -0.2) is 8.78 Å². The van der Waals surface area contributed by atoms with E-state index in [4.69, 9.17) is 11.6 Å². The fourth-order valence-corrected chi connectivity index (χ4v) is 2.83. The third kappa shape index (κ3) is 2.20. The monoisotopic (exact) mass is 274 g/mol. The van der Waals surface area contributed by atoms with Crippen LogP contribution in [0.25, 0.3) is 0 Å². The van der Waals surface area contributed by atoms with Gasteiger partial charge in [0.1, 0.15) is 17.7 Å². The highest BCUT2D eigenvalue weighted by molar-refractivity contribution is 7.10. The van der Waals surface area contributed by atoms with E-state index in [1.807, 2.05) is 0 Å². The van der Waals surface area contributed by atoms with Crippen molar-refractivity contribution < 1.29 is 13.9 Å². The molecule has 0 aliphatic heterocycles. The number of rotatable bonds is 2. The van der Waals surface area contributed by atoms with E-state index in [2.05, 4.69) is 0 Å². The minimum Gasteiger partial charge on any atom is -0.383 e. The number of hydrogen-bond donors (Lipinski definition) is 1. The van der Waals surface area contributed by atoms with Crippen molar-refractivity contribution in [3.63, 3.8) is 0 Å². The summed E-state index contributed by atoms with van der Waals surface area (Å²) in [5.74, 6) is -1.56. The maximum atomic E-state index is 13.5. The smallest absolute Gasteiger partial charge is 0.132 e. The molecule has 0 amide bonds. The molecule has 0 bridgehead atoms. The number of halogens is 3. The SMILES string of the molecule is Cc1csc(C(O)c2c(F)cccc2F)c1Cl. The van der Waals surface area contributed by atoms with Crippen LogP contribution in [-0.4, -0.2) is 5.11 Å². The number of thiophene rings is 1. The van der Waals surface area contributed by atoms with E-state index in [1.54, 1.807) is 12.3 Å². The van der Waals surface area contributed by atoms with Crippen LogP contribution in [0.5, 0.6) is 0 Å². The first-order valence-electron chi connectivity index (χ1n) is 4.88. The second-order valence-electron chi connectivity index (χ2n) is 3.63. The molecule has 90 valence electrons. The zero-order valence-electron chi connectivity index (χ0n) is 8.88. The first-order chi connectivity index (χ1) is 8.02. The molecule has 1 N–H and O–H groups in total. The summed E-state index contributed by atoms with van der Waals surface area (Å²) in [6.45, 7) is 1.77. The van der Waals surface area contributed by atoms with Crippen molar-refractivity contribution in [2.75, 3.05) is 0 Å². The minimum atomic E-state index is -1.37. The zero-order valence-corrected chi connectivity index (χ0v) is 10.4. The van der Waals surface area contributed by atoms with Crippen molar-refractivity contribution in [2.45, 2.75) is 13.0 Å². The van der Waals surface area contributed by atoms with Gasteiger partial charge >= 0.3 is 0 Å². The lowest BCUT2D eigenvalue weighted by molar-refractivity contribution is 0.213. The van der Waals surface area contributed by atoms with Crippen LogP contribution in [0.15, 0.2) is 23.6 Å². The molecular formula is C12H9ClF2OS. The Hall–Kier alpha value is -0.970. The molecule has 1 nitrogen and oxygen atoms in total. The molecule has 1 aromatic heterocycles. The summed E-state index contributed by atoms with van der Waals surface area (Å²) in [4.78, 5) is 0.355. The normalized spacial score (nSPS) is 12.8. The van der Waals surface area contributed by atoms with Gasteiger partial charge in [-0.2, -0.15) is 0 Å². The van der Waals surface area contributed by atoms with E-state index >= 15 is 0 Å². The number of benzene rings is 1. The minimum absolute atomic E-state index is 0.352. The molecule has 0 aliphatic rings. The third-order valence-corrected chi connectivity index (χ3v) is 4.21. The summed E-state index contributed by atoms with van der Waals surface area (Å²) < 4.78 is 27.0. The summed E-state index contributed by atoms with van der Waals surface area (Å²) in [5.41, 5.74) is 0.415. The predicted molar refractivity (Wildman–Crippen MR) is 64.5 cm³/mol. The Kier molecular flexibility index (Phi) is 3.47. The standard InChI is InChI=1S/C12H9ClF2OS/c1-6-5-17-12(10(6)13)11(16)9-7(14)3-2-4-8(9)15/h2-5,11,16H,1H3. The molecular weight excluding hydrogens is 266 g/mol. The molecule has 5 heteroatoms. The Morgan fingerprint density at radius 3 is 2.35 bits per heavy atom. The predicted octanol–water partition coefficient (Wildman–Crippen LogP) is 4.07. The molecule has 1 unspecified atom stereocenters. The van der Waals surface area contributed by atoms with Gasteiger partial charge in [-0.15, -0.1) is 11.3 Å². The van der Waals surface area contributed by atoms with Gasteiger partial charge in [0.15, 0.2) is 0 Å². The molecule has 0 fully saturated rings. The average molecular weight is 275 g/mol. The van der Waals surface area contributed by atoms with Crippen LogP contribution in [0.4, 0.5) is 8.78 Å². The summed E-state index contributed by atoms with van der Waals surface area (Å²) in [7, 11) is 0. The highest BCUT2D eigenvalue weighted by Crippen LogP contribution is 2.37. The zero-order chi connectivity index (χ0) is 12.6. The van der Waals surface area contributed by atoms with Crippen LogP contribution >= 0.6 is 22.9 Å². The highest BCUT2D eigenvalue weighted by atomic mass is 35.5. The molecule has 1 heterocycles. The molecule has 2 aromatic rings. The fraction of sp³-hybridized carbons (Fsp3) is 0.167. The Morgan fingerprint density at radius 2 is 1.88 bits per heavy atom. The van der Waals surface area contributed by atoms with Crippen molar-refractivity contribution >= 4 is 22.9 Å². The van der Waals surface area contributed by atoms with E-state index in [-0.39, 0.29) is 5.56 Å². The van der Waals surface area contributed by atoms with Crippen LogP contribution < -0.4 is 0 Å². The molecule has 17 heavy (non-hydrogen) atoms. The summed E-state index contributed by atoms with van der Waals surface area (Å²) >= 11 is 7.14. The average Bonchev–Trinajstić information content (AvgIpc) is 2.59. The molecule has 2 rings (SSSR count). The van der Waals surface area contributed by atoms with E-state index in [9.17, 15) is 13.9 Å². The molecule has 0 saturated carbocycles. The van der Waals surface area contributed by atoms with Crippen molar-refractivity contribution in [3.05, 3.63) is 56.2 Å². The van der Waals surface area contributed by atoms with E-state index in [0.717, 1.165) is 17.7 Å². The number of aliphatic hydroxyl groups is 1. The second-order valence-corrected chi connectivity index (χ2v) is 4.92. The van der Waals surface area contributed by atoms with Crippen molar-refractivity contribution in [3.8, 4) is 0 Å². The molecule has 0 aliphatic carbocycles. The quantitative estimate of drug-likeness (QED) is 0.875. The first kappa shape index (κ1) is 12.5. The Labute approximate surface area is 106 Å². The van der Waals surface area contributed by atoms with Gasteiger partial charge in [-0.1, -0.05) is 17.7 Å². The maximum Gasteiger partial charge on any atom is 0.132 e. The van der Waals surface area contributed by atoms with Gasteiger partial charge in [0, 0.05) is 0 Å². The topological polar surface area (TPSA) is 20.2 Å². The third-order valence-electron chi connectivity index (χ3n) is 2.45. The van der Waals surface area contributed by atoms with Gasteiger partial charge in [0.05, 0.1) is 15.5 Å². The van der Waals surface area contributed by atoms with Crippen LogP contribution in [0, 0.1) is 18.6 Å². The van der Waals surface area contributed by atoms with E-state index < -0.39 is 17.7 Å². The summed E-state index contributed by atoms with van der Waals surface area (Å²) in [6, 6.07) is 3.47. The summed E-state index contributed by atoms with van der Waals surface area (Å²) in [5, 5.41) is 12.1. The highest BCUT2D eigenvalue weighted by Gasteiger charge is 2.23. The molecule has 1 aromatic carbocycles. The Morgan fingerprint density at radius 1 is 1.29 bits per heavy atom. The lowest BCUT2D eigenvalue weighted by atomic mass is 10.1. The van der Waals surface area contributed by atoms with Crippen LogP contribution in [0.1, 0.15) is 22.1 Å². The summed E-state index contributed by atoms with van der Waals surface area (Å²) in [6.07, 6.45) is -1.37. The maximum absolute atomic E-state index is 13.5. The first-order valence-corrected chi connectivity index (χ1v) is 6.13.